The van der Waals surface area contributed by atoms with Crippen LogP contribution in [0, 0.1) is 11.8 Å². The van der Waals surface area contributed by atoms with Crippen molar-refractivity contribution in [3.8, 4) is 0 Å². The van der Waals surface area contributed by atoms with Crippen molar-refractivity contribution in [2.45, 2.75) is 46.1 Å². The summed E-state index contributed by atoms with van der Waals surface area (Å²) in [6.45, 7) is 7.63. The highest BCUT2D eigenvalue weighted by molar-refractivity contribution is 4.87. The average Bonchev–Trinajstić information content (AvgIpc) is 1.97. The zero-order chi connectivity index (χ0) is 9.84. The Balaban J connectivity index is 2.26. The van der Waals surface area contributed by atoms with Crippen LogP contribution in [0.2, 0.25) is 0 Å². The maximum Gasteiger partial charge on any atom is 0.0682 e. The molecule has 2 unspecified atom stereocenters. The highest BCUT2D eigenvalue weighted by Crippen LogP contribution is 2.36. The first-order valence-electron chi connectivity index (χ1n) is 5.52. The molecule has 0 amide bonds. The summed E-state index contributed by atoms with van der Waals surface area (Å²) >= 11 is 0. The molecule has 0 aromatic heterocycles. The second-order valence-corrected chi connectivity index (χ2v) is 4.43. The van der Waals surface area contributed by atoms with Crippen molar-refractivity contribution in [2.75, 3.05) is 13.7 Å². The third-order valence-electron chi connectivity index (χ3n) is 3.11. The van der Waals surface area contributed by atoms with Crippen molar-refractivity contribution >= 4 is 0 Å². The van der Waals surface area contributed by atoms with Crippen LogP contribution in [0.25, 0.3) is 0 Å². The van der Waals surface area contributed by atoms with E-state index in [1.165, 1.54) is 12.8 Å². The molecule has 1 aliphatic carbocycles. The molecule has 0 heterocycles. The predicted octanol–water partition coefficient (Wildman–Crippen LogP) is 2.69. The molecule has 13 heavy (non-hydrogen) atoms. The van der Waals surface area contributed by atoms with Crippen LogP contribution in [-0.2, 0) is 4.84 Å². The van der Waals surface area contributed by atoms with E-state index in [-0.39, 0.29) is 0 Å². The Kier molecular flexibility index (Phi) is 4.20. The molecule has 1 saturated carbocycles. The van der Waals surface area contributed by atoms with Gasteiger partial charge in [-0.25, -0.2) is 0 Å². The number of rotatable bonds is 5. The zero-order valence-corrected chi connectivity index (χ0v) is 9.42. The molecule has 0 bridgehead atoms. The van der Waals surface area contributed by atoms with Gasteiger partial charge in [0.15, 0.2) is 0 Å². The van der Waals surface area contributed by atoms with Crippen LogP contribution >= 0.6 is 0 Å². The molecule has 0 spiro atoms. The molecule has 2 atom stereocenters. The van der Waals surface area contributed by atoms with Crippen molar-refractivity contribution in [3.63, 3.8) is 0 Å². The van der Waals surface area contributed by atoms with Gasteiger partial charge in [0.25, 0.3) is 0 Å². The minimum atomic E-state index is 0.673. The summed E-state index contributed by atoms with van der Waals surface area (Å²) in [5.41, 5.74) is 0. The van der Waals surface area contributed by atoms with Crippen LogP contribution in [0.3, 0.4) is 0 Å². The summed E-state index contributed by atoms with van der Waals surface area (Å²) in [4.78, 5) is 5.61. The van der Waals surface area contributed by atoms with Gasteiger partial charge in [-0.3, -0.25) is 4.84 Å². The molecule has 1 rings (SSSR count). The Hall–Kier alpha value is -0.0800. The van der Waals surface area contributed by atoms with Crippen LogP contribution < -0.4 is 0 Å². The van der Waals surface area contributed by atoms with Gasteiger partial charge in [0, 0.05) is 13.1 Å². The lowest BCUT2D eigenvalue weighted by molar-refractivity contribution is -0.203. The monoisotopic (exact) mass is 185 g/mol. The SMILES string of the molecule is CCCON(C)C1CCC1C(C)C. The summed E-state index contributed by atoms with van der Waals surface area (Å²) in [5, 5.41) is 2.08. The van der Waals surface area contributed by atoms with Crippen LogP contribution in [-0.4, -0.2) is 24.8 Å². The summed E-state index contributed by atoms with van der Waals surface area (Å²) < 4.78 is 0. The molecule has 0 radical (unpaired) electrons. The molecule has 0 N–H and O–H groups in total. The van der Waals surface area contributed by atoms with E-state index in [0.29, 0.717) is 6.04 Å². The van der Waals surface area contributed by atoms with E-state index >= 15 is 0 Å². The van der Waals surface area contributed by atoms with Gasteiger partial charge >= 0.3 is 0 Å². The Labute approximate surface area is 82.2 Å². The lowest BCUT2D eigenvalue weighted by Gasteiger charge is -2.44. The van der Waals surface area contributed by atoms with E-state index in [2.05, 4.69) is 32.9 Å². The standard InChI is InChI=1S/C11H23NO/c1-5-8-13-12(4)11-7-6-10(11)9(2)3/h9-11H,5-8H2,1-4H3. The van der Waals surface area contributed by atoms with Gasteiger partial charge in [-0.05, 0) is 31.1 Å². The fraction of sp³-hybridized carbons (Fsp3) is 1.00. The van der Waals surface area contributed by atoms with E-state index in [1.54, 1.807) is 0 Å². The number of nitrogens with zero attached hydrogens (tertiary/aromatic N) is 1. The fourth-order valence-electron chi connectivity index (χ4n) is 2.07. The number of hydrogen-bond acceptors (Lipinski definition) is 2. The minimum Gasteiger partial charge on any atom is -0.299 e. The molecule has 0 aliphatic heterocycles. The normalized spacial score (nSPS) is 28.2. The molecule has 2 nitrogen and oxygen atoms in total. The Morgan fingerprint density at radius 2 is 2.08 bits per heavy atom. The van der Waals surface area contributed by atoms with Gasteiger partial charge in [0.1, 0.15) is 0 Å². The van der Waals surface area contributed by atoms with Gasteiger partial charge in [-0.1, -0.05) is 20.8 Å². The molecule has 1 aliphatic rings. The second kappa shape index (κ2) is 4.97. The predicted molar refractivity (Wildman–Crippen MR) is 55.4 cm³/mol. The van der Waals surface area contributed by atoms with Gasteiger partial charge in [-0.15, -0.1) is 0 Å². The van der Waals surface area contributed by atoms with E-state index < -0.39 is 0 Å². The van der Waals surface area contributed by atoms with Crippen LogP contribution in [0.5, 0.6) is 0 Å². The maximum atomic E-state index is 5.61. The lowest BCUT2D eigenvalue weighted by Crippen LogP contribution is -2.47. The highest BCUT2D eigenvalue weighted by atomic mass is 16.7. The highest BCUT2D eigenvalue weighted by Gasteiger charge is 2.36. The van der Waals surface area contributed by atoms with Crippen molar-refractivity contribution in [2.24, 2.45) is 11.8 Å². The molecule has 0 aromatic carbocycles. The smallest absolute Gasteiger partial charge is 0.0682 e. The average molecular weight is 185 g/mol. The lowest BCUT2D eigenvalue weighted by atomic mass is 9.73. The van der Waals surface area contributed by atoms with Crippen LogP contribution in [0.15, 0.2) is 0 Å². The molecular formula is C11H23NO. The van der Waals surface area contributed by atoms with E-state index in [0.717, 1.165) is 24.9 Å². The molecule has 2 heteroatoms. The summed E-state index contributed by atoms with van der Waals surface area (Å²) in [6, 6.07) is 0.673. The van der Waals surface area contributed by atoms with Gasteiger partial charge in [0.2, 0.25) is 0 Å². The quantitative estimate of drug-likeness (QED) is 0.611. The molecular weight excluding hydrogens is 162 g/mol. The van der Waals surface area contributed by atoms with Crippen molar-refractivity contribution < 1.29 is 4.84 Å². The van der Waals surface area contributed by atoms with E-state index in [9.17, 15) is 0 Å². The number of hydroxylamine groups is 2. The van der Waals surface area contributed by atoms with Crippen molar-refractivity contribution in [1.82, 2.24) is 5.06 Å². The summed E-state index contributed by atoms with van der Waals surface area (Å²) in [7, 11) is 2.08. The largest absolute Gasteiger partial charge is 0.299 e. The Morgan fingerprint density at radius 3 is 2.46 bits per heavy atom. The molecule has 78 valence electrons. The Morgan fingerprint density at radius 1 is 1.38 bits per heavy atom. The second-order valence-electron chi connectivity index (χ2n) is 4.43. The van der Waals surface area contributed by atoms with Crippen LogP contribution in [0.4, 0.5) is 0 Å². The Bertz CT molecular complexity index is 147. The fourth-order valence-corrected chi connectivity index (χ4v) is 2.07. The van der Waals surface area contributed by atoms with Gasteiger partial charge < -0.3 is 0 Å². The minimum absolute atomic E-state index is 0.673. The molecule has 0 aromatic rings. The van der Waals surface area contributed by atoms with Crippen molar-refractivity contribution in [3.05, 3.63) is 0 Å². The zero-order valence-electron chi connectivity index (χ0n) is 9.42. The third kappa shape index (κ3) is 2.68. The van der Waals surface area contributed by atoms with Gasteiger partial charge in [0.05, 0.1) is 6.61 Å². The first kappa shape index (κ1) is 11.0. The summed E-state index contributed by atoms with van der Waals surface area (Å²) in [6.07, 6.45) is 3.79. The van der Waals surface area contributed by atoms with Gasteiger partial charge in [-0.2, -0.15) is 5.06 Å². The van der Waals surface area contributed by atoms with Crippen molar-refractivity contribution in [1.29, 1.82) is 0 Å². The van der Waals surface area contributed by atoms with Crippen LogP contribution in [0.1, 0.15) is 40.0 Å². The molecule has 0 saturated heterocycles. The maximum absolute atomic E-state index is 5.61. The first-order valence-corrected chi connectivity index (χ1v) is 5.52. The van der Waals surface area contributed by atoms with E-state index in [4.69, 9.17) is 4.84 Å². The number of hydrogen-bond donors (Lipinski definition) is 0. The molecule has 1 fully saturated rings. The topological polar surface area (TPSA) is 12.5 Å². The first-order chi connectivity index (χ1) is 6.16. The summed E-state index contributed by atoms with van der Waals surface area (Å²) in [5.74, 6) is 1.65. The van der Waals surface area contributed by atoms with E-state index in [1.807, 2.05) is 0 Å². The third-order valence-corrected chi connectivity index (χ3v) is 3.11.